The third kappa shape index (κ3) is 2.23. The van der Waals surface area contributed by atoms with E-state index >= 15 is 0 Å². The summed E-state index contributed by atoms with van der Waals surface area (Å²) in [6, 6.07) is 0. The van der Waals surface area contributed by atoms with Crippen molar-refractivity contribution < 1.29 is 14.2 Å². The molecule has 2 rings (SSSR count). The average Bonchev–Trinajstić information content (AvgIpc) is 2.71. The highest BCUT2D eigenvalue weighted by atomic mass is 19.1. The Morgan fingerprint density at radius 1 is 1.63 bits per heavy atom. The van der Waals surface area contributed by atoms with Gasteiger partial charge in [-0.2, -0.15) is 4.39 Å². The van der Waals surface area contributed by atoms with E-state index in [2.05, 4.69) is 0 Å². The fourth-order valence-corrected chi connectivity index (χ4v) is 2.53. The van der Waals surface area contributed by atoms with E-state index in [9.17, 15) is 19.1 Å². The SMILES string of the molecule is CC[C@@]1(CO)O[C@@H](n2cc(F)c(=O)[nH]c2=O)C[C@@H]1C. The number of aromatic amines is 1. The lowest BCUT2D eigenvalue weighted by molar-refractivity contribution is -0.113. The maximum Gasteiger partial charge on any atom is 0.330 e. The number of H-pyrrole nitrogens is 1. The van der Waals surface area contributed by atoms with Gasteiger partial charge in [-0.1, -0.05) is 13.8 Å². The lowest BCUT2D eigenvalue weighted by atomic mass is 9.87. The molecule has 106 valence electrons. The number of rotatable bonds is 3. The molecule has 19 heavy (non-hydrogen) atoms. The van der Waals surface area contributed by atoms with E-state index in [-0.39, 0.29) is 12.5 Å². The first-order valence-electron chi connectivity index (χ1n) is 6.23. The zero-order chi connectivity index (χ0) is 14.2. The van der Waals surface area contributed by atoms with Crippen molar-refractivity contribution in [1.29, 1.82) is 0 Å². The van der Waals surface area contributed by atoms with Crippen LogP contribution in [0.3, 0.4) is 0 Å². The summed E-state index contributed by atoms with van der Waals surface area (Å²) in [5.41, 5.74) is -2.49. The molecule has 7 heteroatoms. The maximum atomic E-state index is 13.3. The van der Waals surface area contributed by atoms with E-state index in [0.717, 1.165) is 10.8 Å². The summed E-state index contributed by atoms with van der Waals surface area (Å²) in [5.74, 6) is -1.01. The van der Waals surface area contributed by atoms with Crippen LogP contribution in [0.25, 0.3) is 0 Å². The highest BCUT2D eigenvalue weighted by Gasteiger charge is 2.45. The number of hydrogen-bond acceptors (Lipinski definition) is 4. The van der Waals surface area contributed by atoms with Crippen molar-refractivity contribution in [3.8, 4) is 0 Å². The Kier molecular flexibility index (Phi) is 3.60. The number of nitrogens with one attached hydrogen (secondary N) is 1. The first-order valence-corrected chi connectivity index (χ1v) is 6.23. The van der Waals surface area contributed by atoms with Gasteiger partial charge in [0, 0.05) is 0 Å². The Hall–Kier alpha value is -1.47. The second-order valence-corrected chi connectivity index (χ2v) is 4.93. The molecule has 1 aliphatic rings. The highest BCUT2D eigenvalue weighted by molar-refractivity contribution is 4.95. The molecule has 2 heterocycles. The third-order valence-corrected chi connectivity index (χ3v) is 3.92. The maximum absolute atomic E-state index is 13.3. The van der Waals surface area contributed by atoms with Gasteiger partial charge in [-0.25, -0.2) is 4.79 Å². The molecule has 1 fully saturated rings. The van der Waals surface area contributed by atoms with E-state index in [1.54, 1.807) is 0 Å². The molecule has 0 radical (unpaired) electrons. The molecule has 0 aliphatic carbocycles. The molecule has 0 amide bonds. The normalized spacial score (nSPS) is 30.7. The van der Waals surface area contributed by atoms with Gasteiger partial charge in [0.25, 0.3) is 5.56 Å². The van der Waals surface area contributed by atoms with E-state index in [1.807, 2.05) is 18.8 Å². The number of aliphatic hydroxyl groups is 1. The van der Waals surface area contributed by atoms with E-state index in [1.165, 1.54) is 0 Å². The summed E-state index contributed by atoms with van der Waals surface area (Å²) in [7, 11) is 0. The Balaban J connectivity index is 2.38. The van der Waals surface area contributed by atoms with Gasteiger partial charge >= 0.3 is 5.69 Å². The highest BCUT2D eigenvalue weighted by Crippen LogP contribution is 2.42. The Bertz CT molecular complexity index is 576. The standard InChI is InChI=1S/C12H17FN2O4/c1-3-12(6-16)7(2)4-9(19-12)15-5-8(13)10(17)14-11(15)18/h5,7,9,16H,3-4,6H2,1-2H3,(H,14,17,18)/t7-,9+,12-/m0/s1. The number of hydrogen-bond donors (Lipinski definition) is 2. The van der Waals surface area contributed by atoms with Crippen LogP contribution in [0.5, 0.6) is 0 Å². The molecule has 1 aromatic heterocycles. The van der Waals surface area contributed by atoms with Crippen LogP contribution in [0, 0.1) is 11.7 Å². The van der Waals surface area contributed by atoms with Crippen molar-refractivity contribution in [3.05, 3.63) is 32.9 Å². The zero-order valence-corrected chi connectivity index (χ0v) is 10.9. The molecule has 6 nitrogen and oxygen atoms in total. The lowest BCUT2D eigenvalue weighted by Crippen LogP contribution is -2.39. The fourth-order valence-electron chi connectivity index (χ4n) is 2.53. The van der Waals surface area contributed by atoms with E-state index in [4.69, 9.17) is 4.74 Å². The van der Waals surface area contributed by atoms with Gasteiger partial charge in [-0.15, -0.1) is 0 Å². The fraction of sp³-hybridized carbons (Fsp3) is 0.667. The van der Waals surface area contributed by atoms with Gasteiger partial charge in [-0.3, -0.25) is 14.3 Å². The predicted molar refractivity (Wildman–Crippen MR) is 65.3 cm³/mol. The minimum Gasteiger partial charge on any atom is -0.393 e. The van der Waals surface area contributed by atoms with Gasteiger partial charge in [0.2, 0.25) is 5.82 Å². The zero-order valence-electron chi connectivity index (χ0n) is 10.9. The van der Waals surface area contributed by atoms with Gasteiger partial charge < -0.3 is 9.84 Å². The summed E-state index contributed by atoms with van der Waals surface area (Å²) in [4.78, 5) is 24.6. The third-order valence-electron chi connectivity index (χ3n) is 3.92. The summed E-state index contributed by atoms with van der Waals surface area (Å²) in [5, 5.41) is 9.48. The predicted octanol–water partition coefficient (Wildman–Crippen LogP) is 0.372. The van der Waals surface area contributed by atoms with Gasteiger partial charge in [0.1, 0.15) is 6.23 Å². The van der Waals surface area contributed by atoms with E-state index < -0.39 is 28.9 Å². The summed E-state index contributed by atoms with van der Waals surface area (Å²) < 4.78 is 20.0. The van der Waals surface area contributed by atoms with Gasteiger partial charge in [0.05, 0.1) is 18.4 Å². The topological polar surface area (TPSA) is 84.3 Å². The summed E-state index contributed by atoms with van der Waals surface area (Å²) in [6.45, 7) is 3.62. The number of aliphatic hydroxyl groups excluding tert-OH is 1. The van der Waals surface area contributed by atoms with Crippen molar-refractivity contribution in [2.75, 3.05) is 6.61 Å². The molecule has 0 aromatic carbocycles. The molecule has 1 aliphatic heterocycles. The smallest absolute Gasteiger partial charge is 0.330 e. The van der Waals surface area contributed by atoms with Crippen LogP contribution in [0.1, 0.15) is 32.9 Å². The van der Waals surface area contributed by atoms with Crippen LogP contribution < -0.4 is 11.2 Å². The van der Waals surface area contributed by atoms with Crippen LogP contribution in [0.15, 0.2) is 15.8 Å². The quantitative estimate of drug-likeness (QED) is 0.832. The van der Waals surface area contributed by atoms with Gasteiger partial charge in [-0.05, 0) is 18.8 Å². The summed E-state index contributed by atoms with van der Waals surface area (Å²) in [6.07, 6.45) is 1.23. The number of ether oxygens (including phenoxy) is 1. The average molecular weight is 272 g/mol. The van der Waals surface area contributed by atoms with Crippen LogP contribution in [-0.2, 0) is 4.74 Å². The number of aromatic nitrogens is 2. The van der Waals surface area contributed by atoms with Crippen LogP contribution in [0.2, 0.25) is 0 Å². The second-order valence-electron chi connectivity index (χ2n) is 4.93. The van der Waals surface area contributed by atoms with Crippen LogP contribution in [0.4, 0.5) is 4.39 Å². The van der Waals surface area contributed by atoms with Gasteiger partial charge in [0.15, 0.2) is 0 Å². The minimum atomic E-state index is -1.05. The first kappa shape index (κ1) is 14.0. The Morgan fingerprint density at radius 2 is 2.32 bits per heavy atom. The largest absolute Gasteiger partial charge is 0.393 e. The van der Waals surface area contributed by atoms with Crippen molar-refractivity contribution in [3.63, 3.8) is 0 Å². The molecule has 1 aromatic rings. The molecule has 2 N–H and O–H groups in total. The second kappa shape index (κ2) is 4.90. The van der Waals surface area contributed by atoms with Crippen LogP contribution >= 0.6 is 0 Å². The molecule has 0 saturated carbocycles. The Labute approximate surface area is 108 Å². The number of nitrogens with zero attached hydrogens (tertiary/aromatic N) is 1. The van der Waals surface area contributed by atoms with Crippen molar-refractivity contribution in [2.24, 2.45) is 5.92 Å². The van der Waals surface area contributed by atoms with Crippen LogP contribution in [-0.4, -0.2) is 26.9 Å². The molecule has 0 unspecified atom stereocenters. The number of halogens is 1. The lowest BCUT2D eigenvalue weighted by Gasteiger charge is -2.29. The molecule has 1 saturated heterocycles. The minimum absolute atomic E-state index is 0.0226. The molecular formula is C12H17FN2O4. The Morgan fingerprint density at radius 3 is 2.84 bits per heavy atom. The molecule has 3 atom stereocenters. The van der Waals surface area contributed by atoms with Crippen molar-refractivity contribution in [1.82, 2.24) is 9.55 Å². The van der Waals surface area contributed by atoms with E-state index in [0.29, 0.717) is 12.8 Å². The first-order chi connectivity index (χ1) is 8.93. The summed E-state index contributed by atoms with van der Waals surface area (Å²) >= 11 is 0. The van der Waals surface area contributed by atoms with Crippen molar-refractivity contribution >= 4 is 0 Å². The molecule has 0 spiro atoms. The molecular weight excluding hydrogens is 255 g/mol. The van der Waals surface area contributed by atoms with Crippen molar-refractivity contribution in [2.45, 2.75) is 38.5 Å². The monoisotopic (exact) mass is 272 g/mol. The molecule has 0 bridgehead atoms.